The number of fused-ring (bicyclic) bond motifs is 8. The summed E-state index contributed by atoms with van der Waals surface area (Å²) in [4.78, 5) is 21.0. The lowest BCUT2D eigenvalue weighted by molar-refractivity contribution is -0.164. The van der Waals surface area contributed by atoms with Crippen LogP contribution in [0, 0.1) is 20.8 Å². The summed E-state index contributed by atoms with van der Waals surface area (Å²) in [6, 6.07) is 15.0. The third-order valence-electron chi connectivity index (χ3n) is 10.1. The minimum atomic E-state index is -0.903. The highest BCUT2D eigenvalue weighted by molar-refractivity contribution is 5.82. The van der Waals surface area contributed by atoms with E-state index >= 15 is 0 Å². The molecule has 2 atom stereocenters. The van der Waals surface area contributed by atoms with Gasteiger partial charge < -0.3 is 23.8 Å². The lowest BCUT2D eigenvalue weighted by Gasteiger charge is -2.42. The maximum absolute atomic E-state index is 13.5. The second kappa shape index (κ2) is 13.8. The van der Waals surface area contributed by atoms with Gasteiger partial charge in [-0.1, -0.05) is 18.2 Å². The SMILES string of the molecule is COC(=O)[C@@H](OC(C)(C)C)c1c(C)cc2nc3cn2c1N1CCC(C)(CC1)OCCCC[C@H](C)Oc1cc(C)c(C)cc1-c1cccc-3c1. The average molecular weight is 668 g/mol. The molecule has 0 unspecified atom stereocenters. The van der Waals surface area contributed by atoms with Crippen molar-refractivity contribution < 1.29 is 23.7 Å². The molecule has 0 amide bonds. The number of nitrogens with zero attached hydrogens (tertiary/aromatic N) is 3. The first-order valence-electron chi connectivity index (χ1n) is 17.8. The van der Waals surface area contributed by atoms with Crippen molar-refractivity contribution in [3.8, 4) is 28.1 Å². The van der Waals surface area contributed by atoms with Gasteiger partial charge in [0.2, 0.25) is 0 Å². The first-order chi connectivity index (χ1) is 23.2. The van der Waals surface area contributed by atoms with Crippen LogP contribution in [0.3, 0.4) is 0 Å². The number of benzene rings is 2. The second-order valence-electron chi connectivity index (χ2n) is 15.3. The molecular formula is C41H53N3O5. The molecule has 6 bridgehead atoms. The average Bonchev–Trinajstić information content (AvgIpc) is 3.47. The van der Waals surface area contributed by atoms with Gasteiger partial charge in [0.15, 0.2) is 6.10 Å². The van der Waals surface area contributed by atoms with Gasteiger partial charge >= 0.3 is 5.97 Å². The molecule has 0 aliphatic carbocycles. The van der Waals surface area contributed by atoms with Gasteiger partial charge in [-0.3, -0.25) is 4.40 Å². The van der Waals surface area contributed by atoms with E-state index in [0.717, 1.165) is 103 Å². The normalized spacial score (nSPS) is 20.9. The highest BCUT2D eigenvalue weighted by Crippen LogP contribution is 2.41. The zero-order valence-electron chi connectivity index (χ0n) is 30.8. The van der Waals surface area contributed by atoms with Crippen LogP contribution >= 0.6 is 0 Å². The predicted octanol–water partition coefficient (Wildman–Crippen LogP) is 8.95. The van der Waals surface area contributed by atoms with Gasteiger partial charge in [0.05, 0.1) is 30.1 Å². The molecular weight excluding hydrogens is 614 g/mol. The fourth-order valence-corrected chi connectivity index (χ4v) is 7.14. The van der Waals surface area contributed by atoms with Crippen LogP contribution in [-0.4, -0.2) is 59.5 Å². The molecule has 7 rings (SSSR count). The summed E-state index contributed by atoms with van der Waals surface area (Å²) in [7, 11) is 1.42. The Bertz CT molecular complexity index is 1830. The van der Waals surface area contributed by atoms with Gasteiger partial charge in [0, 0.05) is 42.6 Å². The molecule has 8 heteroatoms. The van der Waals surface area contributed by atoms with E-state index in [1.54, 1.807) is 0 Å². The molecule has 0 radical (unpaired) electrons. The number of rotatable bonds is 3. The van der Waals surface area contributed by atoms with E-state index in [1.165, 1.54) is 18.2 Å². The summed E-state index contributed by atoms with van der Waals surface area (Å²) in [6.07, 6.45) is 5.99. The Morgan fingerprint density at radius 3 is 2.43 bits per heavy atom. The van der Waals surface area contributed by atoms with E-state index in [9.17, 15) is 4.79 Å². The number of imidazole rings is 1. The monoisotopic (exact) mass is 667 g/mol. The molecule has 3 aliphatic heterocycles. The number of methoxy groups -OCH3 is 1. The number of pyridine rings is 1. The van der Waals surface area contributed by atoms with Crippen LogP contribution in [-0.2, 0) is 19.0 Å². The molecule has 8 nitrogen and oxygen atoms in total. The summed E-state index contributed by atoms with van der Waals surface area (Å²) in [6.45, 7) is 18.9. The number of esters is 1. The smallest absolute Gasteiger partial charge is 0.339 e. The van der Waals surface area contributed by atoms with Crippen molar-refractivity contribution >= 4 is 17.4 Å². The Hall–Kier alpha value is -3.88. The van der Waals surface area contributed by atoms with Gasteiger partial charge in [-0.05, 0) is 134 Å². The van der Waals surface area contributed by atoms with E-state index in [0.29, 0.717) is 0 Å². The van der Waals surface area contributed by atoms with Crippen molar-refractivity contribution in [2.24, 2.45) is 0 Å². The summed E-state index contributed by atoms with van der Waals surface area (Å²) in [5.74, 6) is 1.40. The molecule has 0 spiro atoms. The Kier molecular flexibility index (Phi) is 9.84. The number of anilines is 1. The molecule has 0 saturated carbocycles. The van der Waals surface area contributed by atoms with Crippen molar-refractivity contribution in [1.82, 2.24) is 9.38 Å². The van der Waals surface area contributed by atoms with Crippen LogP contribution < -0.4 is 9.64 Å². The fourth-order valence-electron chi connectivity index (χ4n) is 7.14. The third kappa shape index (κ3) is 7.51. The number of piperidine rings is 1. The first-order valence-corrected chi connectivity index (χ1v) is 17.8. The molecule has 5 heterocycles. The number of ether oxygens (including phenoxy) is 4. The number of hydrogen-bond acceptors (Lipinski definition) is 7. The number of hydrogen-bond donors (Lipinski definition) is 0. The number of carbonyl (C=O) groups excluding carboxylic acids is 1. The van der Waals surface area contributed by atoms with E-state index in [-0.39, 0.29) is 11.7 Å². The molecule has 262 valence electrons. The molecule has 1 fully saturated rings. The van der Waals surface area contributed by atoms with Crippen molar-refractivity contribution in [2.45, 2.75) is 111 Å². The topological polar surface area (TPSA) is 74.5 Å². The quantitative estimate of drug-likeness (QED) is 0.202. The lowest BCUT2D eigenvalue weighted by Crippen LogP contribution is -2.45. The Morgan fingerprint density at radius 2 is 1.71 bits per heavy atom. The lowest BCUT2D eigenvalue weighted by atomic mass is 9.92. The number of aromatic nitrogens is 2. The van der Waals surface area contributed by atoms with Gasteiger partial charge in [-0.2, -0.15) is 0 Å². The Labute approximate surface area is 291 Å². The zero-order valence-corrected chi connectivity index (χ0v) is 30.8. The van der Waals surface area contributed by atoms with Gasteiger partial charge in [0.1, 0.15) is 17.2 Å². The van der Waals surface area contributed by atoms with Crippen LogP contribution in [0.25, 0.3) is 28.0 Å². The van der Waals surface area contributed by atoms with Crippen LogP contribution in [0.4, 0.5) is 5.82 Å². The van der Waals surface area contributed by atoms with Crippen molar-refractivity contribution in [3.05, 3.63) is 70.9 Å². The molecule has 0 N–H and O–H groups in total. The molecule has 1 saturated heterocycles. The highest BCUT2D eigenvalue weighted by Gasteiger charge is 2.37. The summed E-state index contributed by atoms with van der Waals surface area (Å²) < 4.78 is 27.2. The molecule has 2 aromatic heterocycles. The summed E-state index contributed by atoms with van der Waals surface area (Å²) in [5.41, 5.74) is 8.21. The maximum Gasteiger partial charge on any atom is 0.339 e. The molecule has 49 heavy (non-hydrogen) atoms. The van der Waals surface area contributed by atoms with Crippen molar-refractivity contribution in [1.29, 1.82) is 0 Å². The number of aryl methyl sites for hydroxylation is 3. The summed E-state index contributed by atoms with van der Waals surface area (Å²) in [5, 5.41) is 0. The molecule has 3 aliphatic rings. The van der Waals surface area contributed by atoms with Gasteiger partial charge in [0.25, 0.3) is 0 Å². The van der Waals surface area contributed by atoms with Crippen LogP contribution in [0.2, 0.25) is 0 Å². The van der Waals surface area contributed by atoms with Gasteiger partial charge in [-0.25, -0.2) is 9.78 Å². The Balaban J connectivity index is 1.55. The van der Waals surface area contributed by atoms with Crippen LogP contribution in [0.5, 0.6) is 5.75 Å². The van der Waals surface area contributed by atoms with E-state index < -0.39 is 17.7 Å². The van der Waals surface area contributed by atoms with E-state index in [1.807, 2.05) is 27.7 Å². The van der Waals surface area contributed by atoms with Crippen LogP contribution in [0.1, 0.15) is 95.1 Å². The predicted molar refractivity (Wildman–Crippen MR) is 196 cm³/mol. The van der Waals surface area contributed by atoms with Crippen molar-refractivity contribution in [3.63, 3.8) is 0 Å². The standard InChI is InChI=1S/C41H53N3O5/c1-26-21-32-30-14-12-15-31(24-30)33-25-44-35(42-33)23-28(3)36(37(39(45)46-9)49-40(5,6)7)38(44)43-18-16-41(8,17-19-43)47-20-11-10-13-29(4)48-34(32)22-27(26)2/h12,14-15,21-25,29,37H,10-11,13,16-20H2,1-9H3/t29-,37-/m0/s1. The molecule has 4 aromatic rings. The van der Waals surface area contributed by atoms with Gasteiger partial charge in [-0.15, -0.1) is 0 Å². The zero-order chi connectivity index (χ0) is 35.1. The minimum Gasteiger partial charge on any atom is -0.490 e. The summed E-state index contributed by atoms with van der Waals surface area (Å²) >= 11 is 0. The highest BCUT2D eigenvalue weighted by atomic mass is 16.6. The molecule has 2 aromatic carbocycles. The minimum absolute atomic E-state index is 0.0823. The Morgan fingerprint density at radius 1 is 1.00 bits per heavy atom. The first kappa shape index (κ1) is 35.0. The van der Waals surface area contributed by atoms with E-state index in [2.05, 4.69) is 85.7 Å². The van der Waals surface area contributed by atoms with Crippen LogP contribution in [0.15, 0.2) is 48.7 Å². The maximum atomic E-state index is 13.5. The number of carbonyl (C=O) groups is 1. The van der Waals surface area contributed by atoms with E-state index in [4.69, 9.17) is 23.9 Å². The fraction of sp³-hybridized carbons (Fsp3) is 0.512. The van der Waals surface area contributed by atoms with Crippen molar-refractivity contribution in [2.75, 3.05) is 31.7 Å². The largest absolute Gasteiger partial charge is 0.490 e. The third-order valence-corrected chi connectivity index (χ3v) is 10.1. The second-order valence-corrected chi connectivity index (χ2v) is 15.3.